The van der Waals surface area contributed by atoms with Crippen molar-refractivity contribution in [1.29, 1.82) is 0 Å². The molecule has 0 aliphatic carbocycles. The van der Waals surface area contributed by atoms with Crippen molar-refractivity contribution < 1.29 is 49.5 Å². The molecule has 0 heterocycles. The Hall–Kier alpha value is -1.92. The molecule has 0 aromatic carbocycles. The van der Waals surface area contributed by atoms with Gasteiger partial charge in [-0.1, -0.05) is 65.2 Å². The molecule has 220 valence electrons. The van der Waals surface area contributed by atoms with Crippen LogP contribution in [0.15, 0.2) is 4.99 Å². The van der Waals surface area contributed by atoms with E-state index in [1.807, 2.05) is 0 Å². The third-order valence-corrected chi connectivity index (χ3v) is 5.49. The second kappa shape index (κ2) is 27.6. The summed E-state index contributed by atoms with van der Waals surface area (Å²) in [6, 6.07) is -2.39. The normalized spacial score (nSPS) is 12.2. The van der Waals surface area contributed by atoms with Gasteiger partial charge >= 0.3 is 55.6 Å². The topological polar surface area (TPSA) is 217 Å². The van der Waals surface area contributed by atoms with Gasteiger partial charge in [0, 0.05) is 18.8 Å². The number of carbonyl (C=O) groups excluding carboxylic acids is 2. The summed E-state index contributed by atoms with van der Waals surface area (Å²) >= 11 is 0. The Morgan fingerprint density at radius 3 is 1.64 bits per heavy atom. The van der Waals surface area contributed by atoms with Crippen molar-refractivity contribution in [1.82, 2.24) is 5.32 Å². The number of amides is 1. The fourth-order valence-electron chi connectivity index (χ4n) is 3.30. The fraction of sp³-hybridized carbons (Fsp3) is 0.769. The number of nitrogens with one attached hydrogen (secondary N) is 1. The summed E-state index contributed by atoms with van der Waals surface area (Å²) in [6.45, 7) is 4.20. The van der Waals surface area contributed by atoms with Gasteiger partial charge in [0.25, 0.3) is 0 Å². The second-order valence-corrected chi connectivity index (χ2v) is 9.01. The van der Waals surface area contributed by atoms with Crippen molar-refractivity contribution in [3.8, 4) is 0 Å². The Morgan fingerprint density at radius 1 is 0.692 bits per heavy atom. The molecule has 39 heavy (non-hydrogen) atoms. The number of unbranched alkanes of at least 4 members (excludes halogenated alkanes) is 8. The molecule has 0 fully saturated rings. The first kappa shape index (κ1) is 41.6. The second-order valence-electron chi connectivity index (χ2n) is 9.01. The van der Waals surface area contributed by atoms with Gasteiger partial charge in [0.1, 0.15) is 12.1 Å². The van der Waals surface area contributed by atoms with E-state index in [0.717, 1.165) is 57.8 Å². The van der Waals surface area contributed by atoms with Crippen LogP contribution >= 0.6 is 0 Å². The van der Waals surface area contributed by atoms with Crippen molar-refractivity contribution in [2.45, 2.75) is 129 Å². The van der Waals surface area contributed by atoms with Gasteiger partial charge in [0.15, 0.2) is 0 Å². The number of hydrogen-bond acceptors (Lipinski definition) is 8. The summed E-state index contributed by atoms with van der Waals surface area (Å²) in [6.07, 6.45) is 9.45. The van der Waals surface area contributed by atoms with E-state index in [4.69, 9.17) is 15.3 Å². The van der Waals surface area contributed by atoms with E-state index >= 15 is 0 Å². The van der Waals surface area contributed by atoms with Crippen LogP contribution in [-0.2, 0) is 24.0 Å². The number of aliphatic imine (C=N–C) groups is 1. The Bertz CT molecular complexity index is 746. The molecule has 12 nitrogen and oxygen atoms in total. The average molecular weight is 585 g/mol. The Kier molecular flexibility index (Phi) is 29.5. The van der Waals surface area contributed by atoms with Gasteiger partial charge in [0.05, 0.1) is 0 Å². The maximum absolute atomic E-state index is 11.5. The molecule has 13 heteroatoms. The van der Waals surface area contributed by atoms with E-state index in [0.29, 0.717) is 12.8 Å². The van der Waals surface area contributed by atoms with Gasteiger partial charge < -0.3 is 35.6 Å². The van der Waals surface area contributed by atoms with Crippen LogP contribution in [0.3, 0.4) is 0 Å². The van der Waals surface area contributed by atoms with E-state index in [-0.39, 0.29) is 69.3 Å². The van der Waals surface area contributed by atoms with E-state index in [2.05, 4.69) is 24.2 Å². The van der Waals surface area contributed by atoms with Crippen molar-refractivity contribution >= 4 is 73.4 Å². The van der Waals surface area contributed by atoms with E-state index < -0.39 is 48.3 Å². The number of nitrogens with zero attached hydrogens (tertiary/aromatic N) is 1. The summed E-state index contributed by atoms with van der Waals surface area (Å²) in [4.78, 5) is 57.3. The summed E-state index contributed by atoms with van der Waals surface area (Å²) < 4.78 is 0. The van der Waals surface area contributed by atoms with Crippen LogP contribution < -0.4 is 15.5 Å². The predicted molar refractivity (Wildman–Crippen MR) is 142 cm³/mol. The van der Waals surface area contributed by atoms with Gasteiger partial charge in [-0.05, 0) is 44.4 Å². The molecule has 0 aromatic rings. The first-order valence-electron chi connectivity index (χ1n) is 13.3. The zero-order chi connectivity index (χ0) is 29.3. The van der Waals surface area contributed by atoms with Gasteiger partial charge in [-0.3, -0.25) is 14.6 Å². The molecule has 0 aliphatic heterocycles. The molecule has 0 radical (unpaired) electrons. The number of aliphatic carboxylic acids is 4. The zero-order valence-corrected chi connectivity index (χ0v) is 25.5. The van der Waals surface area contributed by atoms with Gasteiger partial charge in [-0.25, -0.2) is 9.59 Å². The summed E-state index contributed by atoms with van der Waals surface area (Å²) in [7, 11) is 0. The van der Waals surface area contributed by atoms with Gasteiger partial charge in [-0.15, -0.1) is 0 Å². The van der Waals surface area contributed by atoms with Crippen LogP contribution in [0.5, 0.6) is 0 Å². The largest absolute Gasteiger partial charge is 2.00 e. The number of carbonyl (C=O) groups is 5. The summed E-state index contributed by atoms with van der Waals surface area (Å²) in [5.74, 6) is -5.67. The molecule has 1 amide bonds. The average Bonchev–Trinajstić information content (AvgIpc) is 2.83. The fourth-order valence-corrected chi connectivity index (χ4v) is 3.30. The van der Waals surface area contributed by atoms with E-state index in [1.165, 1.54) is 0 Å². The minimum Gasteiger partial charge on any atom is -0.862 e. The maximum Gasteiger partial charge on any atom is 2.00 e. The molecular formula is C26H44CaN2O10. The minimum atomic E-state index is -1.34. The van der Waals surface area contributed by atoms with E-state index in [9.17, 15) is 34.2 Å². The van der Waals surface area contributed by atoms with Crippen LogP contribution in [0.25, 0.3) is 0 Å². The predicted octanol–water partition coefficient (Wildman–Crippen LogP) is 1.49. The van der Waals surface area contributed by atoms with Gasteiger partial charge in [0.2, 0.25) is 5.91 Å². The summed E-state index contributed by atoms with van der Waals surface area (Å²) in [5, 5.41) is 50.2. The molecular weight excluding hydrogens is 540 g/mol. The van der Waals surface area contributed by atoms with Crippen molar-refractivity contribution in [2.24, 2.45) is 4.99 Å². The Morgan fingerprint density at radius 2 is 1.21 bits per heavy atom. The number of rotatable bonds is 22. The van der Waals surface area contributed by atoms with Crippen LogP contribution in [0.4, 0.5) is 0 Å². The molecule has 0 saturated heterocycles. The molecule has 0 rings (SSSR count). The SMILES string of the molecule is CCCCCCCC(=O)N[C@@H](CCC(=O)O)C(=O)O.CCCCCCCC([O-])=N[C@@H](CCC(=O)[O-])C(=O)O.[Ca+2]. The van der Waals surface area contributed by atoms with Gasteiger partial charge in [-0.2, -0.15) is 0 Å². The molecule has 4 N–H and O–H groups in total. The monoisotopic (exact) mass is 584 g/mol. The Balaban J connectivity index is -0.000000648. The molecule has 2 atom stereocenters. The standard InChI is InChI=1S/2C13H23NO5.Ca/c2*1-2-3-4-5-6-7-11(15)14-10(13(18)19)8-9-12(16)17;/h2*10H,2-9H2,1H3,(H,14,15)(H,16,17)(H,18,19);/q;;+2/p-2/t2*10-;/m00./s1. The van der Waals surface area contributed by atoms with Crippen LogP contribution in [0, 0.1) is 0 Å². The molecule has 0 unspecified atom stereocenters. The van der Waals surface area contributed by atoms with Crippen LogP contribution in [0.2, 0.25) is 0 Å². The van der Waals surface area contributed by atoms with Crippen LogP contribution in [-0.4, -0.2) is 101 Å². The molecule has 0 spiro atoms. The third kappa shape index (κ3) is 28.9. The summed E-state index contributed by atoms with van der Waals surface area (Å²) in [5.41, 5.74) is 0. The first-order valence-corrected chi connectivity index (χ1v) is 13.3. The van der Waals surface area contributed by atoms with Crippen molar-refractivity contribution in [3.63, 3.8) is 0 Å². The number of hydrogen-bond donors (Lipinski definition) is 4. The Labute approximate surface area is 260 Å². The number of carboxylic acid groups (broad SMARTS) is 4. The quantitative estimate of drug-likeness (QED) is 0.0622. The molecule has 0 aliphatic rings. The first-order chi connectivity index (χ1) is 17.9. The van der Waals surface area contributed by atoms with Crippen LogP contribution in [0.1, 0.15) is 117 Å². The minimum absolute atomic E-state index is 0. The van der Waals surface area contributed by atoms with Crippen molar-refractivity contribution in [3.05, 3.63) is 0 Å². The molecule has 0 bridgehead atoms. The molecule has 0 saturated carbocycles. The third-order valence-electron chi connectivity index (χ3n) is 5.49. The smallest absolute Gasteiger partial charge is 0.862 e. The van der Waals surface area contributed by atoms with Crippen molar-refractivity contribution in [2.75, 3.05) is 0 Å². The van der Waals surface area contributed by atoms with E-state index in [1.54, 1.807) is 0 Å². The zero-order valence-electron chi connectivity index (χ0n) is 23.3. The maximum atomic E-state index is 11.5. The molecule has 0 aromatic heterocycles. The number of carboxylic acids is 4.